The van der Waals surface area contributed by atoms with Gasteiger partial charge in [-0.25, -0.2) is 4.98 Å². The van der Waals surface area contributed by atoms with Crippen LogP contribution < -0.4 is 9.80 Å². The van der Waals surface area contributed by atoms with Crippen LogP contribution in [-0.4, -0.2) is 35.5 Å². The molecule has 4 heterocycles. The number of amides is 1. The SMILES string of the molecule is O=C(C1CCN(c2nc3cnccc3s2)C1)N1CCc2ccccc21. The fraction of sp³-hybridized carbons (Fsp3) is 0.316. The fourth-order valence-electron chi connectivity index (χ4n) is 3.83. The molecule has 25 heavy (non-hydrogen) atoms. The van der Waals surface area contributed by atoms with Gasteiger partial charge in [-0.2, -0.15) is 0 Å². The number of fused-ring (bicyclic) bond motifs is 2. The van der Waals surface area contributed by atoms with Crippen molar-refractivity contribution in [1.29, 1.82) is 0 Å². The van der Waals surface area contributed by atoms with Gasteiger partial charge in [0.1, 0.15) is 5.52 Å². The highest BCUT2D eigenvalue weighted by molar-refractivity contribution is 7.22. The van der Waals surface area contributed by atoms with E-state index in [1.807, 2.05) is 23.1 Å². The van der Waals surface area contributed by atoms with E-state index in [9.17, 15) is 4.79 Å². The van der Waals surface area contributed by atoms with Gasteiger partial charge in [-0.1, -0.05) is 29.5 Å². The number of para-hydroxylation sites is 1. The van der Waals surface area contributed by atoms with Crippen molar-refractivity contribution >= 4 is 38.3 Å². The number of hydrogen-bond acceptors (Lipinski definition) is 5. The van der Waals surface area contributed by atoms with Crippen LogP contribution in [0, 0.1) is 5.92 Å². The second-order valence-electron chi connectivity index (χ2n) is 6.64. The molecule has 6 heteroatoms. The van der Waals surface area contributed by atoms with Crippen LogP contribution in [0.25, 0.3) is 10.2 Å². The summed E-state index contributed by atoms with van der Waals surface area (Å²) < 4.78 is 1.15. The molecule has 0 saturated carbocycles. The Labute approximate surface area is 149 Å². The van der Waals surface area contributed by atoms with E-state index in [1.54, 1.807) is 23.7 Å². The van der Waals surface area contributed by atoms with E-state index in [0.717, 1.165) is 53.5 Å². The van der Waals surface area contributed by atoms with E-state index >= 15 is 0 Å². The van der Waals surface area contributed by atoms with Crippen molar-refractivity contribution in [3.63, 3.8) is 0 Å². The summed E-state index contributed by atoms with van der Waals surface area (Å²) in [4.78, 5) is 26.1. The molecule has 2 aliphatic rings. The van der Waals surface area contributed by atoms with Gasteiger partial charge >= 0.3 is 0 Å². The van der Waals surface area contributed by atoms with Gasteiger partial charge < -0.3 is 9.80 Å². The highest BCUT2D eigenvalue weighted by atomic mass is 32.1. The Bertz CT molecular complexity index is 920. The van der Waals surface area contributed by atoms with E-state index < -0.39 is 0 Å². The standard InChI is InChI=1S/C19H18N4OS/c24-18(23-10-7-13-3-1-2-4-16(13)23)14-6-9-22(12-14)19-21-15-11-20-8-5-17(15)25-19/h1-5,8,11,14H,6-7,9-10,12H2. The number of anilines is 2. The van der Waals surface area contributed by atoms with Gasteiger partial charge in [0.25, 0.3) is 0 Å². The average Bonchev–Trinajstić information content (AvgIpc) is 3.37. The van der Waals surface area contributed by atoms with Crippen molar-refractivity contribution in [3.8, 4) is 0 Å². The topological polar surface area (TPSA) is 49.3 Å². The summed E-state index contributed by atoms with van der Waals surface area (Å²) in [5, 5.41) is 1.00. The molecule has 0 radical (unpaired) electrons. The molecule has 0 bridgehead atoms. The smallest absolute Gasteiger partial charge is 0.231 e. The number of rotatable bonds is 2. The van der Waals surface area contributed by atoms with Crippen LogP contribution in [0.3, 0.4) is 0 Å². The van der Waals surface area contributed by atoms with Gasteiger partial charge in [-0.3, -0.25) is 9.78 Å². The van der Waals surface area contributed by atoms with Gasteiger partial charge in [-0.05, 0) is 30.5 Å². The van der Waals surface area contributed by atoms with E-state index in [-0.39, 0.29) is 11.8 Å². The number of benzene rings is 1. The molecule has 0 spiro atoms. The molecule has 1 saturated heterocycles. The zero-order valence-electron chi connectivity index (χ0n) is 13.8. The molecule has 1 unspecified atom stereocenters. The number of thiazole rings is 1. The molecule has 5 nitrogen and oxygen atoms in total. The molecular formula is C19H18N4OS. The lowest BCUT2D eigenvalue weighted by Gasteiger charge is -2.21. The van der Waals surface area contributed by atoms with Crippen LogP contribution in [0.2, 0.25) is 0 Å². The molecule has 1 fully saturated rings. The average molecular weight is 350 g/mol. The van der Waals surface area contributed by atoms with Gasteiger partial charge in [0.2, 0.25) is 5.91 Å². The Kier molecular flexibility index (Phi) is 3.45. The summed E-state index contributed by atoms with van der Waals surface area (Å²) in [6.07, 6.45) is 5.45. The van der Waals surface area contributed by atoms with Crippen molar-refractivity contribution < 1.29 is 4.79 Å². The highest BCUT2D eigenvalue weighted by Crippen LogP contribution is 2.34. The minimum absolute atomic E-state index is 0.0521. The lowest BCUT2D eigenvalue weighted by Crippen LogP contribution is -2.36. The highest BCUT2D eigenvalue weighted by Gasteiger charge is 2.35. The molecule has 2 aromatic heterocycles. The van der Waals surface area contributed by atoms with Crippen molar-refractivity contribution in [1.82, 2.24) is 9.97 Å². The van der Waals surface area contributed by atoms with E-state index in [4.69, 9.17) is 0 Å². The summed E-state index contributed by atoms with van der Waals surface area (Å²) in [5.74, 6) is 0.312. The molecule has 3 aromatic rings. The number of pyridine rings is 1. The summed E-state index contributed by atoms with van der Waals surface area (Å²) in [6, 6.07) is 10.2. The molecule has 0 aliphatic carbocycles. The minimum atomic E-state index is 0.0521. The molecule has 1 aromatic carbocycles. The number of carbonyl (C=O) groups is 1. The fourth-order valence-corrected chi connectivity index (χ4v) is 4.79. The molecular weight excluding hydrogens is 332 g/mol. The maximum atomic E-state index is 13.0. The molecule has 126 valence electrons. The Morgan fingerprint density at radius 3 is 3.04 bits per heavy atom. The van der Waals surface area contributed by atoms with Crippen LogP contribution in [-0.2, 0) is 11.2 Å². The Morgan fingerprint density at radius 2 is 2.12 bits per heavy atom. The van der Waals surface area contributed by atoms with Crippen molar-refractivity contribution in [2.24, 2.45) is 5.92 Å². The summed E-state index contributed by atoms with van der Waals surface area (Å²) in [6.45, 7) is 2.45. The predicted molar refractivity (Wildman–Crippen MR) is 100 cm³/mol. The Hall–Kier alpha value is -2.47. The van der Waals surface area contributed by atoms with Gasteiger partial charge in [-0.15, -0.1) is 0 Å². The number of hydrogen-bond donors (Lipinski definition) is 0. The monoisotopic (exact) mass is 350 g/mol. The summed E-state index contributed by atoms with van der Waals surface area (Å²) in [7, 11) is 0. The minimum Gasteiger partial charge on any atom is -0.347 e. The number of aromatic nitrogens is 2. The zero-order chi connectivity index (χ0) is 16.8. The third kappa shape index (κ3) is 2.48. The van der Waals surface area contributed by atoms with E-state index in [1.165, 1.54) is 5.56 Å². The third-order valence-electron chi connectivity index (χ3n) is 5.14. The normalized spacial score (nSPS) is 19.6. The van der Waals surface area contributed by atoms with Crippen molar-refractivity contribution in [3.05, 3.63) is 48.3 Å². The molecule has 1 atom stereocenters. The summed E-state index contributed by atoms with van der Waals surface area (Å²) >= 11 is 1.68. The van der Waals surface area contributed by atoms with Crippen LogP contribution >= 0.6 is 11.3 Å². The predicted octanol–water partition coefficient (Wildman–Crippen LogP) is 3.11. The lowest BCUT2D eigenvalue weighted by molar-refractivity contribution is -0.121. The first-order chi connectivity index (χ1) is 12.3. The molecule has 1 amide bonds. The Morgan fingerprint density at radius 1 is 1.20 bits per heavy atom. The quantitative estimate of drug-likeness (QED) is 0.713. The molecule has 0 N–H and O–H groups in total. The first kappa shape index (κ1) is 14.8. The van der Waals surface area contributed by atoms with Crippen molar-refractivity contribution in [2.45, 2.75) is 12.8 Å². The zero-order valence-corrected chi connectivity index (χ0v) is 14.6. The lowest BCUT2D eigenvalue weighted by atomic mass is 10.1. The maximum Gasteiger partial charge on any atom is 0.231 e. The first-order valence-electron chi connectivity index (χ1n) is 8.64. The second kappa shape index (κ2) is 5.81. The summed E-state index contributed by atoms with van der Waals surface area (Å²) in [5.41, 5.74) is 3.31. The molecule has 5 rings (SSSR count). The maximum absolute atomic E-state index is 13.0. The van der Waals surface area contributed by atoms with Gasteiger partial charge in [0.05, 0.1) is 16.8 Å². The van der Waals surface area contributed by atoms with Crippen molar-refractivity contribution in [2.75, 3.05) is 29.4 Å². The van der Waals surface area contributed by atoms with Crippen LogP contribution in [0.5, 0.6) is 0 Å². The third-order valence-corrected chi connectivity index (χ3v) is 6.24. The number of nitrogens with zero attached hydrogens (tertiary/aromatic N) is 4. The number of carbonyl (C=O) groups excluding carboxylic acids is 1. The van der Waals surface area contributed by atoms with Crippen LogP contribution in [0.15, 0.2) is 42.7 Å². The van der Waals surface area contributed by atoms with Crippen LogP contribution in [0.1, 0.15) is 12.0 Å². The Balaban J connectivity index is 1.34. The van der Waals surface area contributed by atoms with Gasteiger partial charge in [0.15, 0.2) is 5.13 Å². The first-order valence-corrected chi connectivity index (χ1v) is 9.46. The van der Waals surface area contributed by atoms with E-state index in [0.29, 0.717) is 0 Å². The van der Waals surface area contributed by atoms with E-state index in [2.05, 4.69) is 27.0 Å². The van der Waals surface area contributed by atoms with Crippen LogP contribution in [0.4, 0.5) is 10.8 Å². The van der Waals surface area contributed by atoms with Gasteiger partial charge in [0, 0.05) is 31.5 Å². The molecule has 2 aliphatic heterocycles. The second-order valence-corrected chi connectivity index (χ2v) is 7.65. The largest absolute Gasteiger partial charge is 0.347 e.